The molecule has 166 valence electrons. The third kappa shape index (κ3) is 10.9. The lowest BCUT2D eigenvalue weighted by atomic mass is 9.94. The first kappa shape index (κ1) is 26.4. The summed E-state index contributed by atoms with van der Waals surface area (Å²) in [5, 5.41) is 0. The highest BCUT2D eigenvalue weighted by Gasteiger charge is 2.11. The number of nitrogens with zero attached hydrogens (tertiary/aromatic N) is 1. The van der Waals surface area contributed by atoms with Gasteiger partial charge in [-0.3, -0.25) is 4.99 Å². The number of nitrogens with two attached hydrogens (primary N) is 2. The third-order valence-electron chi connectivity index (χ3n) is 5.68. The molecule has 0 radical (unpaired) electrons. The maximum atomic E-state index is 6.27. The Labute approximate surface area is 189 Å². The van der Waals surface area contributed by atoms with Crippen LogP contribution in [0.2, 0.25) is 0 Å². The maximum Gasteiger partial charge on any atom is 0.0537 e. The van der Waals surface area contributed by atoms with Crippen molar-refractivity contribution >= 4 is 18.6 Å². The summed E-state index contributed by atoms with van der Waals surface area (Å²) in [5.41, 5.74) is 15.2. The normalized spacial score (nSPS) is 13.5. The molecule has 0 spiro atoms. The van der Waals surface area contributed by atoms with E-state index in [1.54, 1.807) is 0 Å². The number of aryl methyl sites for hydroxylation is 2. The summed E-state index contributed by atoms with van der Waals surface area (Å²) in [6.07, 6.45) is 8.48. The van der Waals surface area contributed by atoms with E-state index in [-0.39, 0.29) is 24.5 Å². The number of hydrogen-bond donors (Lipinski definition) is 2. The van der Waals surface area contributed by atoms with Gasteiger partial charge in [-0.2, -0.15) is 0 Å². The van der Waals surface area contributed by atoms with E-state index in [0.717, 1.165) is 38.5 Å². The van der Waals surface area contributed by atoms with E-state index < -0.39 is 0 Å². The maximum absolute atomic E-state index is 6.27. The molecule has 0 aliphatic carbocycles. The van der Waals surface area contributed by atoms with Gasteiger partial charge >= 0.3 is 0 Å². The van der Waals surface area contributed by atoms with Crippen molar-refractivity contribution in [2.75, 3.05) is 6.54 Å². The van der Waals surface area contributed by atoms with Crippen LogP contribution < -0.4 is 11.5 Å². The lowest BCUT2D eigenvalue weighted by Gasteiger charge is -2.17. The van der Waals surface area contributed by atoms with Crippen molar-refractivity contribution in [1.82, 2.24) is 0 Å². The summed E-state index contributed by atoms with van der Waals surface area (Å²) < 4.78 is 0. The second-order valence-corrected chi connectivity index (χ2v) is 8.57. The molecule has 0 aromatic heterocycles. The highest BCUT2D eigenvalue weighted by molar-refractivity contribution is 5.85. The third-order valence-corrected chi connectivity index (χ3v) is 5.68. The first-order valence-corrected chi connectivity index (χ1v) is 11.1. The van der Waals surface area contributed by atoms with Gasteiger partial charge in [0.15, 0.2) is 0 Å². The zero-order valence-corrected chi connectivity index (χ0v) is 19.4. The van der Waals surface area contributed by atoms with E-state index in [9.17, 15) is 0 Å². The Balaban J connectivity index is 0.00000450. The van der Waals surface area contributed by atoms with Crippen LogP contribution in [0.5, 0.6) is 0 Å². The van der Waals surface area contributed by atoms with Crippen molar-refractivity contribution in [3.05, 3.63) is 71.8 Å². The van der Waals surface area contributed by atoms with Crippen molar-refractivity contribution in [2.45, 2.75) is 64.5 Å². The zero-order chi connectivity index (χ0) is 20.9. The molecule has 2 rings (SSSR count). The lowest BCUT2D eigenvalue weighted by molar-refractivity contribution is 0.431. The molecule has 2 aromatic carbocycles. The second kappa shape index (κ2) is 15.2. The molecule has 0 fully saturated rings. The molecule has 0 saturated heterocycles. The highest BCUT2D eigenvalue weighted by atomic mass is 35.5. The fourth-order valence-electron chi connectivity index (χ4n) is 3.46. The fourth-order valence-corrected chi connectivity index (χ4v) is 3.46. The van der Waals surface area contributed by atoms with E-state index >= 15 is 0 Å². The van der Waals surface area contributed by atoms with Gasteiger partial charge in [0.2, 0.25) is 0 Å². The summed E-state index contributed by atoms with van der Waals surface area (Å²) >= 11 is 0. The summed E-state index contributed by atoms with van der Waals surface area (Å²) in [4.78, 5) is 4.73. The second-order valence-electron chi connectivity index (χ2n) is 8.57. The van der Waals surface area contributed by atoms with Crippen LogP contribution >= 0.6 is 12.4 Å². The van der Waals surface area contributed by atoms with E-state index in [2.05, 4.69) is 80.7 Å². The average molecular weight is 430 g/mol. The van der Waals surface area contributed by atoms with Crippen molar-refractivity contribution < 1.29 is 0 Å². The van der Waals surface area contributed by atoms with Crippen LogP contribution in [-0.2, 0) is 12.8 Å². The molecule has 3 nitrogen and oxygen atoms in total. The average Bonchev–Trinajstić information content (AvgIpc) is 2.74. The highest BCUT2D eigenvalue weighted by Crippen LogP contribution is 2.16. The molecule has 30 heavy (non-hydrogen) atoms. The Morgan fingerprint density at radius 3 is 1.73 bits per heavy atom. The van der Waals surface area contributed by atoms with Gasteiger partial charge in [0, 0.05) is 18.3 Å². The van der Waals surface area contributed by atoms with E-state index in [4.69, 9.17) is 16.5 Å². The van der Waals surface area contributed by atoms with Gasteiger partial charge in [-0.15, -0.1) is 12.4 Å². The molecule has 4 N–H and O–H groups in total. The van der Waals surface area contributed by atoms with Crippen LogP contribution in [-0.4, -0.2) is 24.8 Å². The van der Waals surface area contributed by atoms with Crippen molar-refractivity contribution in [1.29, 1.82) is 0 Å². The summed E-state index contributed by atoms with van der Waals surface area (Å²) in [7, 11) is 0. The van der Waals surface area contributed by atoms with Gasteiger partial charge in [0.05, 0.1) is 6.54 Å². The number of hydrogen-bond acceptors (Lipinski definition) is 3. The Hall–Kier alpha value is -1.68. The van der Waals surface area contributed by atoms with Gasteiger partial charge in [0.1, 0.15) is 0 Å². The first-order valence-electron chi connectivity index (χ1n) is 11.1. The van der Waals surface area contributed by atoms with Crippen LogP contribution in [0.1, 0.15) is 50.7 Å². The number of aliphatic imine (C=N–C) groups is 1. The van der Waals surface area contributed by atoms with Gasteiger partial charge in [-0.25, -0.2) is 0 Å². The minimum Gasteiger partial charge on any atom is -0.327 e. The Morgan fingerprint density at radius 1 is 0.767 bits per heavy atom. The molecular weight excluding hydrogens is 390 g/mol. The predicted molar refractivity (Wildman–Crippen MR) is 134 cm³/mol. The van der Waals surface area contributed by atoms with Crippen molar-refractivity contribution in [3.63, 3.8) is 0 Å². The molecule has 0 aliphatic rings. The van der Waals surface area contributed by atoms with Crippen LogP contribution in [0, 0.1) is 11.8 Å². The van der Waals surface area contributed by atoms with Gasteiger partial charge in [0.25, 0.3) is 0 Å². The van der Waals surface area contributed by atoms with Gasteiger partial charge in [-0.05, 0) is 61.5 Å². The quantitative estimate of drug-likeness (QED) is 0.415. The number of halogens is 1. The molecule has 1 unspecified atom stereocenters. The SMILES string of the molecule is CC(C)C(N)CC[C@H](N)C/N=C/C(CCc1ccccc1)CCc1ccccc1.Cl. The fraction of sp³-hybridized carbons (Fsp3) is 0.500. The topological polar surface area (TPSA) is 64.4 Å². The van der Waals surface area contributed by atoms with Gasteiger partial charge < -0.3 is 11.5 Å². The largest absolute Gasteiger partial charge is 0.327 e. The van der Waals surface area contributed by atoms with Gasteiger partial charge in [-0.1, -0.05) is 74.5 Å². The molecule has 4 heteroatoms. The molecule has 0 aliphatic heterocycles. The summed E-state index contributed by atoms with van der Waals surface area (Å²) in [5.74, 6) is 0.978. The Morgan fingerprint density at radius 2 is 1.27 bits per heavy atom. The van der Waals surface area contributed by atoms with Crippen LogP contribution in [0.3, 0.4) is 0 Å². The molecule has 0 saturated carbocycles. The van der Waals surface area contributed by atoms with Crippen LogP contribution in [0.4, 0.5) is 0 Å². The standard InChI is InChI=1S/C26H39N3.ClH/c1-21(2)26(28)18-17-25(27)20-29-19-24(15-13-22-9-5-3-6-10-22)16-14-23-11-7-4-8-12-23;/h3-12,19,21,24-26H,13-18,20,27-28H2,1-2H3;1H/b29-19+;/t25-,26?;/m0./s1. The van der Waals surface area contributed by atoms with Crippen molar-refractivity contribution in [3.8, 4) is 0 Å². The summed E-state index contributed by atoms with van der Waals surface area (Å²) in [6, 6.07) is 21.8. The molecule has 2 atom stereocenters. The molecule has 0 amide bonds. The minimum atomic E-state index is 0. The van der Waals surface area contributed by atoms with Crippen LogP contribution in [0.25, 0.3) is 0 Å². The number of benzene rings is 2. The minimum absolute atomic E-state index is 0. The van der Waals surface area contributed by atoms with E-state index in [0.29, 0.717) is 18.4 Å². The first-order chi connectivity index (χ1) is 14.0. The van der Waals surface area contributed by atoms with E-state index in [1.807, 2.05) is 0 Å². The number of rotatable bonds is 13. The molecular formula is C26H40ClN3. The monoisotopic (exact) mass is 429 g/mol. The lowest BCUT2D eigenvalue weighted by Crippen LogP contribution is -2.31. The molecule has 0 bridgehead atoms. The predicted octanol–water partition coefficient (Wildman–Crippen LogP) is 5.45. The smallest absolute Gasteiger partial charge is 0.0537 e. The molecule has 0 heterocycles. The Bertz CT molecular complexity index is 644. The summed E-state index contributed by atoms with van der Waals surface area (Å²) in [6.45, 7) is 5.02. The zero-order valence-electron chi connectivity index (χ0n) is 18.6. The van der Waals surface area contributed by atoms with E-state index in [1.165, 1.54) is 11.1 Å². The molecule has 2 aromatic rings. The van der Waals surface area contributed by atoms with Crippen molar-refractivity contribution in [2.24, 2.45) is 28.3 Å². The Kier molecular flexibility index (Phi) is 13.3. The van der Waals surface area contributed by atoms with Crippen LogP contribution in [0.15, 0.2) is 65.7 Å².